The summed E-state index contributed by atoms with van der Waals surface area (Å²) in [5, 5.41) is 21.5. The molecule has 5 heterocycles. The van der Waals surface area contributed by atoms with Gasteiger partial charge in [-0.15, -0.1) is 22.7 Å². The van der Waals surface area contributed by atoms with E-state index in [0.29, 0.717) is 29.2 Å². The van der Waals surface area contributed by atoms with Gasteiger partial charge in [-0.05, 0) is 93.0 Å². The van der Waals surface area contributed by atoms with Crippen LogP contribution in [0.4, 0.5) is 4.39 Å². The molecule has 9 rings (SSSR count). The van der Waals surface area contributed by atoms with Crippen LogP contribution < -0.4 is 20.7 Å². The first-order chi connectivity index (χ1) is 35.2. The van der Waals surface area contributed by atoms with Crippen molar-refractivity contribution in [1.82, 2.24) is 35.4 Å². The second kappa shape index (κ2) is 21.5. The number of carbonyl (C=O) groups excluding carboxylic acids is 4. The Bertz CT molecular complexity index is 3120. The first kappa shape index (κ1) is 52.6. The van der Waals surface area contributed by atoms with Crippen molar-refractivity contribution in [1.29, 1.82) is 0 Å². The van der Waals surface area contributed by atoms with Crippen LogP contribution in [0.1, 0.15) is 122 Å². The van der Waals surface area contributed by atoms with Crippen molar-refractivity contribution in [2.24, 2.45) is 10.4 Å². The average molecular weight is 1060 g/mol. The highest BCUT2D eigenvalue weighted by atomic mass is 35.5. The van der Waals surface area contributed by atoms with Crippen LogP contribution in [0.3, 0.4) is 0 Å². The summed E-state index contributed by atoms with van der Waals surface area (Å²) >= 11 is 9.53. The summed E-state index contributed by atoms with van der Waals surface area (Å²) in [6, 6.07) is 16.9. The Labute approximate surface area is 443 Å². The van der Waals surface area contributed by atoms with Crippen molar-refractivity contribution in [3.05, 3.63) is 139 Å². The molecule has 3 aromatic carbocycles. The molecule has 74 heavy (non-hydrogen) atoms. The Morgan fingerprint density at radius 3 is 2.34 bits per heavy atom. The van der Waals surface area contributed by atoms with E-state index in [9.17, 15) is 24.3 Å². The number of hydrogen-bond acceptors (Lipinski definition) is 11. The van der Waals surface area contributed by atoms with Crippen molar-refractivity contribution in [3.63, 3.8) is 0 Å². The van der Waals surface area contributed by atoms with E-state index >= 15 is 4.39 Å². The van der Waals surface area contributed by atoms with Gasteiger partial charge < -0.3 is 30.7 Å². The number of amides is 4. The minimum Gasteiger partial charge on any atom is -0.490 e. The average Bonchev–Trinajstić information content (AvgIpc) is 4.11. The Morgan fingerprint density at radius 2 is 1.65 bits per heavy atom. The zero-order valence-electron chi connectivity index (χ0n) is 42.8. The van der Waals surface area contributed by atoms with Gasteiger partial charge >= 0.3 is 0 Å². The maximum absolute atomic E-state index is 15.1. The molecule has 0 bridgehead atoms. The number of aliphatic imine (C=N–C) groups is 1. The number of imidazole rings is 1. The van der Waals surface area contributed by atoms with Gasteiger partial charge in [0.15, 0.2) is 0 Å². The molecule has 3 aromatic heterocycles. The zero-order valence-corrected chi connectivity index (χ0v) is 45.2. The molecule has 1 saturated carbocycles. The minimum absolute atomic E-state index is 0.0498. The predicted molar refractivity (Wildman–Crippen MR) is 287 cm³/mol. The number of nitrogens with one attached hydrogen (secondary N) is 3. The summed E-state index contributed by atoms with van der Waals surface area (Å²) < 4.78 is 23.4. The van der Waals surface area contributed by atoms with Gasteiger partial charge in [0.25, 0.3) is 0 Å². The Hall–Kier alpha value is -6.27. The molecule has 388 valence electrons. The number of aromatic nitrogens is 3. The number of aliphatic hydroxyl groups excluding tert-OH is 1. The van der Waals surface area contributed by atoms with Gasteiger partial charge in [-0.2, -0.15) is 0 Å². The van der Waals surface area contributed by atoms with E-state index in [0.717, 1.165) is 60.6 Å². The second-order valence-corrected chi connectivity index (χ2v) is 23.4. The molecule has 4 amide bonds. The quantitative estimate of drug-likeness (QED) is 0.0786. The number of aliphatic hydroxyl groups is 1. The maximum Gasteiger partial charge on any atom is 0.246 e. The Balaban J connectivity index is 0.779. The number of aryl methyl sites for hydroxylation is 4. The largest absolute Gasteiger partial charge is 0.490 e. The molecule has 6 aromatic rings. The molecule has 3 aliphatic rings. The van der Waals surface area contributed by atoms with E-state index in [1.165, 1.54) is 21.9 Å². The Kier molecular flexibility index (Phi) is 15.3. The van der Waals surface area contributed by atoms with Gasteiger partial charge in [-0.1, -0.05) is 68.8 Å². The molecule has 5 atom stereocenters. The van der Waals surface area contributed by atoms with Crippen LogP contribution in [0.2, 0.25) is 5.02 Å². The molecule has 2 fully saturated rings. The lowest BCUT2D eigenvalue weighted by atomic mass is 9.85. The fourth-order valence-electron chi connectivity index (χ4n) is 10.0. The highest BCUT2D eigenvalue weighted by molar-refractivity contribution is 7.15. The van der Waals surface area contributed by atoms with E-state index in [-0.39, 0.29) is 56.3 Å². The second-order valence-electron chi connectivity index (χ2n) is 20.9. The molecule has 1 saturated heterocycles. The van der Waals surface area contributed by atoms with Crippen molar-refractivity contribution < 1.29 is 33.4 Å². The number of fused-ring (bicyclic) bond motifs is 3. The van der Waals surface area contributed by atoms with Gasteiger partial charge in [0.2, 0.25) is 23.6 Å². The molecule has 4 N–H and O–H groups in total. The van der Waals surface area contributed by atoms with Crippen LogP contribution in [0.25, 0.3) is 15.4 Å². The van der Waals surface area contributed by atoms with Crippen LogP contribution >= 0.6 is 34.3 Å². The van der Waals surface area contributed by atoms with Crippen LogP contribution in [-0.4, -0.2) is 90.8 Å². The smallest absolute Gasteiger partial charge is 0.246 e. The lowest BCUT2D eigenvalue weighted by Gasteiger charge is -2.36. The Morgan fingerprint density at radius 1 is 0.932 bits per heavy atom. The maximum atomic E-state index is 15.1. The number of β-amino-alcohol motifs (C(OH)–C–C–N with tert-alkyl or cyclic N) is 1. The lowest BCUT2D eigenvalue weighted by molar-refractivity contribution is -0.144. The number of likely N-dealkylation sites (tertiary alicyclic amines) is 1. The fourth-order valence-corrected chi connectivity index (χ4v) is 12.2. The normalized spacial score (nSPS) is 20.1. The number of thiophene rings is 1. The molecule has 0 radical (unpaired) electrons. The standard InChI is InChI=1S/C56H62ClFN8O6S2/c1-29-32(4)74-55-49(29)50(36-14-16-38(57)17-15-36)63-44(46-26-59-33(5)66(46)55)25-48(69)62-40-22-43(23-40)72-42-20-34(19-39(58)21-42)9-18-47(68)64-52(56(6,7)8)54(71)65-27-41(67)24-45(65)53(70)61-30(2)35-10-12-37(13-11-35)51-31(3)60-28-73-51/h10-17,19-21,26,28,30,40-41,43-45,52,67H,9,18,22-25,27H2,1-8H3,(H,61,70)(H,62,69)(H,64,68)/t30-,40-,41+,43+,44-,45-,52+/m0/s1. The summed E-state index contributed by atoms with van der Waals surface area (Å²) in [6.45, 7) is 15.4. The molecule has 0 unspecified atom stereocenters. The molecule has 0 spiro atoms. The van der Waals surface area contributed by atoms with Crippen LogP contribution in [0.5, 0.6) is 5.75 Å². The van der Waals surface area contributed by atoms with Crippen molar-refractivity contribution in [2.75, 3.05) is 6.54 Å². The summed E-state index contributed by atoms with van der Waals surface area (Å²) in [5.41, 5.74) is 9.16. The summed E-state index contributed by atoms with van der Waals surface area (Å²) in [5.74, 6) is -0.836. The number of halogens is 2. The van der Waals surface area contributed by atoms with E-state index in [4.69, 9.17) is 21.3 Å². The number of hydrogen-bond donors (Lipinski definition) is 4. The van der Waals surface area contributed by atoms with E-state index in [2.05, 4.69) is 44.3 Å². The van der Waals surface area contributed by atoms with Crippen LogP contribution in [0, 0.1) is 38.9 Å². The topological polar surface area (TPSA) is 180 Å². The van der Waals surface area contributed by atoms with E-state index in [1.807, 2.05) is 95.6 Å². The molecular formula is C56H62ClFN8O6S2. The number of thiazole rings is 1. The molecule has 14 nitrogen and oxygen atoms in total. The van der Waals surface area contributed by atoms with Crippen LogP contribution in [-0.2, 0) is 25.6 Å². The first-order valence-electron chi connectivity index (χ1n) is 25.0. The van der Waals surface area contributed by atoms with Crippen molar-refractivity contribution >= 4 is 63.6 Å². The minimum atomic E-state index is -1.02. The molecular weight excluding hydrogens is 999 g/mol. The summed E-state index contributed by atoms with van der Waals surface area (Å²) in [6.07, 6.45) is 1.96. The third-order valence-electron chi connectivity index (χ3n) is 14.3. The zero-order chi connectivity index (χ0) is 52.7. The third kappa shape index (κ3) is 11.4. The number of benzene rings is 3. The summed E-state index contributed by atoms with van der Waals surface area (Å²) in [4.78, 5) is 73.3. The summed E-state index contributed by atoms with van der Waals surface area (Å²) in [7, 11) is 0. The van der Waals surface area contributed by atoms with Gasteiger partial charge in [0, 0.05) is 65.4 Å². The first-order valence-corrected chi connectivity index (χ1v) is 27.1. The van der Waals surface area contributed by atoms with Gasteiger partial charge in [-0.3, -0.25) is 28.7 Å². The molecule has 2 aliphatic heterocycles. The number of rotatable bonds is 15. The van der Waals surface area contributed by atoms with E-state index in [1.54, 1.807) is 34.9 Å². The monoisotopic (exact) mass is 1060 g/mol. The van der Waals surface area contributed by atoms with E-state index < -0.39 is 53.2 Å². The molecule has 1 aliphatic carbocycles. The van der Waals surface area contributed by atoms with Gasteiger partial charge in [0.1, 0.15) is 46.6 Å². The predicted octanol–water partition coefficient (Wildman–Crippen LogP) is 9.39. The third-order valence-corrected chi connectivity index (χ3v) is 16.7. The van der Waals surface area contributed by atoms with Crippen LogP contribution in [0.15, 0.2) is 83.4 Å². The van der Waals surface area contributed by atoms with Gasteiger partial charge in [0.05, 0.1) is 52.3 Å². The number of carbonyl (C=O) groups is 4. The van der Waals surface area contributed by atoms with Crippen molar-refractivity contribution in [2.45, 2.75) is 136 Å². The number of nitrogens with zero attached hydrogens (tertiary/aromatic N) is 5. The van der Waals surface area contributed by atoms with Crippen molar-refractivity contribution in [3.8, 4) is 21.2 Å². The highest BCUT2D eigenvalue weighted by Crippen LogP contribution is 2.41. The lowest BCUT2D eigenvalue weighted by Crippen LogP contribution is -2.57. The molecule has 18 heteroatoms. The SMILES string of the molecule is Cc1ncsc1-c1ccc([C@H](C)NC(=O)[C@@H]2C[C@@H](O)CN2C(=O)[C@@H](NC(=O)CCc2cc(F)cc(O[C@H]3C[C@@H](NC(=O)C[C@@H]4N=C(c5ccc(Cl)cc5)c5c(sc(C)c5C)-n5c4cnc5C)C3)c2)C(C)(C)C)cc1. The highest BCUT2D eigenvalue weighted by Gasteiger charge is 2.45. The fraction of sp³-hybridized carbons (Fsp3) is 0.411. The number of ether oxygens (including phenoxy) is 1. The van der Waals surface area contributed by atoms with Gasteiger partial charge in [-0.25, -0.2) is 14.4 Å².